The van der Waals surface area contributed by atoms with E-state index in [-0.39, 0.29) is 12.4 Å². The maximum atomic E-state index is 11.2. The largest absolute Gasteiger partial charge is 0.506 e. The van der Waals surface area contributed by atoms with E-state index in [1.165, 1.54) is 7.11 Å². The summed E-state index contributed by atoms with van der Waals surface area (Å²) in [5.74, 6) is -0.00796. The minimum Gasteiger partial charge on any atom is -0.506 e. The van der Waals surface area contributed by atoms with Crippen molar-refractivity contribution in [2.24, 2.45) is 0 Å². The van der Waals surface area contributed by atoms with Gasteiger partial charge in [-0.3, -0.25) is 0 Å². The topological polar surface area (TPSA) is 55.8 Å². The summed E-state index contributed by atoms with van der Waals surface area (Å²) in [4.78, 5) is 11.2. The first-order valence-corrected chi connectivity index (χ1v) is 4.70. The SMILES string of the molecule is COc1cc2c(c(O)c1Br)COC2=O. The van der Waals surface area contributed by atoms with Gasteiger partial charge in [-0.2, -0.15) is 0 Å². The third-order valence-electron chi connectivity index (χ3n) is 2.10. The molecule has 4 nitrogen and oxygen atoms in total. The van der Waals surface area contributed by atoms with Gasteiger partial charge in [-0.25, -0.2) is 4.79 Å². The van der Waals surface area contributed by atoms with E-state index >= 15 is 0 Å². The third-order valence-corrected chi connectivity index (χ3v) is 2.86. The van der Waals surface area contributed by atoms with Crippen molar-refractivity contribution in [3.63, 3.8) is 0 Å². The van der Waals surface area contributed by atoms with Gasteiger partial charge in [0.1, 0.15) is 22.6 Å². The summed E-state index contributed by atoms with van der Waals surface area (Å²) >= 11 is 3.17. The normalized spacial score (nSPS) is 13.7. The van der Waals surface area contributed by atoms with Gasteiger partial charge in [0.05, 0.1) is 12.7 Å². The van der Waals surface area contributed by atoms with Crippen molar-refractivity contribution in [1.82, 2.24) is 0 Å². The van der Waals surface area contributed by atoms with Crippen LogP contribution in [0.5, 0.6) is 11.5 Å². The van der Waals surface area contributed by atoms with Crippen LogP contribution >= 0.6 is 15.9 Å². The highest BCUT2D eigenvalue weighted by Gasteiger charge is 2.27. The summed E-state index contributed by atoms with van der Waals surface area (Å²) in [6, 6.07) is 1.55. The molecule has 1 aliphatic heterocycles. The van der Waals surface area contributed by atoms with Gasteiger partial charge < -0.3 is 14.6 Å². The number of hydrogen-bond donors (Lipinski definition) is 1. The summed E-state index contributed by atoms with van der Waals surface area (Å²) in [7, 11) is 1.46. The fraction of sp³-hybridized carbons (Fsp3) is 0.222. The van der Waals surface area contributed by atoms with Gasteiger partial charge in [0, 0.05) is 5.56 Å². The number of ether oxygens (including phenoxy) is 2. The van der Waals surface area contributed by atoms with Gasteiger partial charge in [-0.1, -0.05) is 0 Å². The lowest BCUT2D eigenvalue weighted by molar-refractivity contribution is 0.0534. The molecule has 1 aromatic carbocycles. The van der Waals surface area contributed by atoms with Crippen molar-refractivity contribution in [3.8, 4) is 11.5 Å². The second kappa shape index (κ2) is 3.16. The third kappa shape index (κ3) is 1.16. The number of rotatable bonds is 1. The molecule has 0 fully saturated rings. The Kier molecular flexibility index (Phi) is 2.11. The highest BCUT2D eigenvalue weighted by atomic mass is 79.9. The van der Waals surface area contributed by atoms with Crippen molar-refractivity contribution in [2.75, 3.05) is 7.11 Å². The van der Waals surface area contributed by atoms with Crippen LogP contribution in [0, 0.1) is 0 Å². The number of halogens is 1. The molecule has 0 amide bonds. The summed E-state index contributed by atoms with van der Waals surface area (Å²) < 4.78 is 10.2. The van der Waals surface area contributed by atoms with Crippen molar-refractivity contribution >= 4 is 21.9 Å². The van der Waals surface area contributed by atoms with Crippen LogP contribution in [-0.4, -0.2) is 18.2 Å². The van der Waals surface area contributed by atoms with Crippen molar-refractivity contribution in [1.29, 1.82) is 0 Å². The van der Waals surface area contributed by atoms with Crippen LogP contribution < -0.4 is 4.74 Å². The van der Waals surface area contributed by atoms with Crippen LogP contribution in [0.15, 0.2) is 10.5 Å². The molecule has 2 rings (SSSR count). The predicted molar refractivity (Wildman–Crippen MR) is 51.5 cm³/mol. The number of carbonyl (C=O) groups excluding carboxylic acids is 1. The van der Waals surface area contributed by atoms with E-state index < -0.39 is 5.97 Å². The van der Waals surface area contributed by atoms with Gasteiger partial charge in [0.15, 0.2) is 0 Å². The maximum absolute atomic E-state index is 11.2. The van der Waals surface area contributed by atoms with E-state index in [2.05, 4.69) is 15.9 Å². The van der Waals surface area contributed by atoms with Gasteiger partial charge in [0.25, 0.3) is 0 Å². The Labute approximate surface area is 88.6 Å². The molecule has 1 heterocycles. The monoisotopic (exact) mass is 258 g/mol. The Balaban J connectivity index is 2.68. The van der Waals surface area contributed by atoms with E-state index in [0.29, 0.717) is 21.3 Å². The maximum Gasteiger partial charge on any atom is 0.339 e. The fourth-order valence-corrected chi connectivity index (χ4v) is 1.87. The number of methoxy groups -OCH3 is 1. The molecule has 0 atom stereocenters. The molecule has 1 aromatic rings. The summed E-state index contributed by atoms with van der Waals surface area (Å²) in [5, 5.41) is 9.69. The Morgan fingerprint density at radius 2 is 2.36 bits per heavy atom. The van der Waals surface area contributed by atoms with Crippen LogP contribution in [-0.2, 0) is 11.3 Å². The first-order chi connectivity index (χ1) is 6.65. The second-order valence-corrected chi connectivity index (χ2v) is 3.64. The zero-order chi connectivity index (χ0) is 10.3. The van der Waals surface area contributed by atoms with E-state index in [4.69, 9.17) is 9.47 Å². The van der Waals surface area contributed by atoms with Crippen LogP contribution in [0.4, 0.5) is 0 Å². The summed E-state index contributed by atoms with van der Waals surface area (Å²) in [6.45, 7) is 0.114. The van der Waals surface area contributed by atoms with Crippen molar-refractivity contribution in [2.45, 2.75) is 6.61 Å². The van der Waals surface area contributed by atoms with Crippen molar-refractivity contribution < 1.29 is 19.4 Å². The molecule has 0 aromatic heterocycles. The molecule has 1 aliphatic rings. The van der Waals surface area contributed by atoms with Crippen LogP contribution in [0.25, 0.3) is 0 Å². The molecule has 0 bridgehead atoms. The molecular weight excluding hydrogens is 252 g/mol. The number of esters is 1. The quantitative estimate of drug-likeness (QED) is 0.782. The number of phenols is 1. The Morgan fingerprint density at radius 3 is 3.00 bits per heavy atom. The van der Waals surface area contributed by atoms with Crippen molar-refractivity contribution in [3.05, 3.63) is 21.7 Å². The standard InChI is InChI=1S/C9H7BrO4/c1-13-6-2-4-5(3-14-9(4)12)8(11)7(6)10/h2,11H,3H2,1H3. The average molecular weight is 259 g/mol. The number of phenolic OH excluding ortho intramolecular Hbond substituents is 1. The molecule has 0 aliphatic carbocycles. The van der Waals surface area contributed by atoms with E-state index in [1.807, 2.05) is 0 Å². The number of hydrogen-bond acceptors (Lipinski definition) is 4. The fourth-order valence-electron chi connectivity index (χ4n) is 1.35. The molecule has 0 unspecified atom stereocenters. The van der Waals surface area contributed by atoms with Gasteiger partial charge >= 0.3 is 5.97 Å². The zero-order valence-electron chi connectivity index (χ0n) is 7.33. The van der Waals surface area contributed by atoms with Gasteiger partial charge in [-0.05, 0) is 22.0 Å². The van der Waals surface area contributed by atoms with E-state index in [0.717, 1.165) is 0 Å². The molecule has 0 spiro atoms. The van der Waals surface area contributed by atoms with E-state index in [1.54, 1.807) is 6.07 Å². The molecular formula is C9H7BrO4. The number of fused-ring (bicyclic) bond motifs is 1. The molecule has 1 N–H and O–H groups in total. The second-order valence-electron chi connectivity index (χ2n) is 2.84. The lowest BCUT2D eigenvalue weighted by atomic mass is 10.1. The first kappa shape index (κ1) is 9.33. The molecule has 74 valence electrons. The Bertz CT molecular complexity index is 414. The Hall–Kier alpha value is -1.23. The van der Waals surface area contributed by atoms with Crippen LogP contribution in [0.2, 0.25) is 0 Å². The Morgan fingerprint density at radius 1 is 1.64 bits per heavy atom. The summed E-state index contributed by atoms with van der Waals surface area (Å²) in [5.41, 5.74) is 0.866. The molecule has 0 saturated carbocycles. The summed E-state index contributed by atoms with van der Waals surface area (Å²) in [6.07, 6.45) is 0. The lowest BCUT2D eigenvalue weighted by Gasteiger charge is -2.07. The zero-order valence-corrected chi connectivity index (χ0v) is 8.92. The molecule has 14 heavy (non-hydrogen) atoms. The van der Waals surface area contributed by atoms with E-state index in [9.17, 15) is 9.90 Å². The smallest absolute Gasteiger partial charge is 0.339 e. The average Bonchev–Trinajstić information content (AvgIpc) is 2.54. The van der Waals surface area contributed by atoms with Gasteiger partial charge in [0.2, 0.25) is 0 Å². The first-order valence-electron chi connectivity index (χ1n) is 3.90. The van der Waals surface area contributed by atoms with Crippen LogP contribution in [0.1, 0.15) is 15.9 Å². The molecule has 0 radical (unpaired) electrons. The number of aromatic hydroxyl groups is 1. The van der Waals surface area contributed by atoms with Gasteiger partial charge in [-0.15, -0.1) is 0 Å². The lowest BCUT2D eigenvalue weighted by Crippen LogP contribution is -1.95. The number of benzene rings is 1. The predicted octanol–water partition coefficient (Wildman–Crippen LogP) is 1.83. The van der Waals surface area contributed by atoms with Crippen LogP contribution in [0.3, 0.4) is 0 Å². The minimum atomic E-state index is -0.430. The molecule has 5 heteroatoms. The highest BCUT2D eigenvalue weighted by molar-refractivity contribution is 9.10. The number of cyclic esters (lactones) is 1. The highest BCUT2D eigenvalue weighted by Crippen LogP contribution is 2.41. The molecule has 0 saturated heterocycles. The minimum absolute atomic E-state index is 0.00481. The number of carbonyl (C=O) groups is 1.